The average Bonchev–Trinajstić information content (AvgIpc) is 2.16. The fraction of sp³-hybridized carbons (Fsp3) is 0.400. The zero-order valence-corrected chi connectivity index (χ0v) is 9.02. The Morgan fingerprint density at radius 3 is 2.50 bits per heavy atom. The summed E-state index contributed by atoms with van der Waals surface area (Å²) in [7, 11) is 0. The number of alkyl halides is 3. The molecule has 0 saturated heterocycles. The highest BCUT2D eigenvalue weighted by Crippen LogP contribution is 2.33. The zero-order valence-electron chi connectivity index (χ0n) is 8.26. The van der Waals surface area contributed by atoms with Crippen LogP contribution in [0.15, 0.2) is 18.2 Å². The maximum absolute atomic E-state index is 12.4. The van der Waals surface area contributed by atoms with Crippen molar-refractivity contribution in [3.63, 3.8) is 0 Å². The third-order valence-electron chi connectivity index (χ3n) is 2.16. The van der Waals surface area contributed by atoms with Gasteiger partial charge in [0.15, 0.2) is 0 Å². The number of aliphatic hydroxyl groups excluding tert-OH is 1. The van der Waals surface area contributed by atoms with E-state index in [2.05, 4.69) is 0 Å². The predicted octanol–water partition coefficient (Wildman–Crippen LogP) is 2.74. The molecule has 1 atom stereocenters. The van der Waals surface area contributed by atoms with E-state index in [1.54, 1.807) is 0 Å². The molecule has 0 aliphatic heterocycles. The Kier molecular flexibility index (Phi) is 4.18. The van der Waals surface area contributed by atoms with E-state index in [-0.39, 0.29) is 23.6 Å². The molecule has 6 heteroatoms. The van der Waals surface area contributed by atoms with Gasteiger partial charge in [0.2, 0.25) is 0 Å². The van der Waals surface area contributed by atoms with Gasteiger partial charge in [0.25, 0.3) is 0 Å². The number of hydrogen-bond donors (Lipinski definition) is 2. The minimum atomic E-state index is -4.42. The second kappa shape index (κ2) is 5.03. The first-order chi connectivity index (χ1) is 7.36. The Hall–Kier alpha value is -0.780. The highest BCUT2D eigenvalue weighted by Gasteiger charge is 2.31. The molecule has 0 aliphatic carbocycles. The van der Waals surface area contributed by atoms with Crippen LogP contribution in [0.25, 0.3) is 0 Å². The summed E-state index contributed by atoms with van der Waals surface area (Å²) in [6, 6.07) is 2.29. The molecule has 1 rings (SSSR count). The Labute approximate surface area is 95.8 Å². The van der Waals surface area contributed by atoms with Gasteiger partial charge in [0, 0.05) is 17.7 Å². The Balaban J connectivity index is 3.09. The van der Waals surface area contributed by atoms with E-state index in [9.17, 15) is 13.2 Å². The van der Waals surface area contributed by atoms with E-state index in [4.69, 9.17) is 22.4 Å². The summed E-state index contributed by atoms with van der Waals surface area (Å²) in [5, 5.41) is 8.85. The quantitative estimate of drug-likeness (QED) is 0.870. The summed E-state index contributed by atoms with van der Waals surface area (Å²) < 4.78 is 37.2. The molecule has 0 aromatic heterocycles. The molecule has 0 bridgehead atoms. The third kappa shape index (κ3) is 3.10. The molecule has 0 fully saturated rings. The van der Waals surface area contributed by atoms with Crippen LogP contribution in [0.2, 0.25) is 5.02 Å². The van der Waals surface area contributed by atoms with E-state index < -0.39 is 17.8 Å². The largest absolute Gasteiger partial charge is 0.416 e. The molecule has 3 N–H and O–H groups in total. The van der Waals surface area contributed by atoms with E-state index in [0.29, 0.717) is 0 Å². The van der Waals surface area contributed by atoms with E-state index in [1.165, 1.54) is 0 Å². The topological polar surface area (TPSA) is 46.2 Å². The zero-order chi connectivity index (χ0) is 12.3. The van der Waals surface area contributed by atoms with Crippen molar-refractivity contribution >= 4 is 11.6 Å². The Bertz CT molecular complexity index is 368. The first-order valence-electron chi connectivity index (χ1n) is 4.59. The molecule has 0 amide bonds. The van der Waals surface area contributed by atoms with Crippen LogP contribution < -0.4 is 5.73 Å². The van der Waals surface area contributed by atoms with Crippen molar-refractivity contribution in [3.8, 4) is 0 Å². The number of rotatable bonds is 3. The molecule has 1 aromatic rings. The number of nitrogens with two attached hydrogens (primary N) is 1. The predicted molar refractivity (Wildman–Crippen MR) is 55.1 cm³/mol. The molecule has 16 heavy (non-hydrogen) atoms. The average molecular weight is 254 g/mol. The van der Waals surface area contributed by atoms with Crippen LogP contribution in [0.4, 0.5) is 13.2 Å². The van der Waals surface area contributed by atoms with Crippen molar-refractivity contribution in [3.05, 3.63) is 34.3 Å². The number of benzene rings is 1. The maximum atomic E-state index is 12.4. The Morgan fingerprint density at radius 2 is 2.00 bits per heavy atom. The van der Waals surface area contributed by atoms with Crippen molar-refractivity contribution in [1.82, 2.24) is 0 Å². The van der Waals surface area contributed by atoms with Gasteiger partial charge >= 0.3 is 6.18 Å². The second-order valence-corrected chi connectivity index (χ2v) is 3.76. The van der Waals surface area contributed by atoms with Gasteiger partial charge in [0.05, 0.1) is 5.56 Å². The van der Waals surface area contributed by atoms with Gasteiger partial charge in [-0.3, -0.25) is 0 Å². The molecular weight excluding hydrogens is 243 g/mol. The van der Waals surface area contributed by atoms with E-state index >= 15 is 0 Å². The van der Waals surface area contributed by atoms with Crippen LogP contribution in [0, 0.1) is 0 Å². The molecule has 0 heterocycles. The van der Waals surface area contributed by atoms with Gasteiger partial charge in [-0.2, -0.15) is 13.2 Å². The van der Waals surface area contributed by atoms with Crippen LogP contribution in [-0.2, 0) is 6.18 Å². The molecular formula is C10H11ClF3NO. The van der Waals surface area contributed by atoms with Gasteiger partial charge in [0.1, 0.15) is 0 Å². The third-order valence-corrected chi connectivity index (χ3v) is 2.51. The summed E-state index contributed by atoms with van der Waals surface area (Å²) in [6.07, 6.45) is -4.25. The fourth-order valence-electron chi connectivity index (χ4n) is 1.30. The van der Waals surface area contributed by atoms with Crippen LogP contribution in [0.5, 0.6) is 0 Å². The molecule has 0 saturated carbocycles. The fourth-order valence-corrected chi connectivity index (χ4v) is 1.56. The summed E-state index contributed by atoms with van der Waals surface area (Å²) in [5.41, 5.74) is 5.01. The van der Waals surface area contributed by atoms with Crippen LogP contribution in [0.3, 0.4) is 0 Å². The minimum Gasteiger partial charge on any atom is -0.396 e. The van der Waals surface area contributed by atoms with Crippen LogP contribution in [0.1, 0.15) is 23.6 Å². The summed E-state index contributed by atoms with van der Waals surface area (Å²) >= 11 is 5.75. The van der Waals surface area contributed by atoms with E-state index in [0.717, 1.165) is 18.2 Å². The van der Waals surface area contributed by atoms with E-state index in [1.807, 2.05) is 0 Å². The highest BCUT2D eigenvalue weighted by atomic mass is 35.5. The maximum Gasteiger partial charge on any atom is 0.416 e. The highest BCUT2D eigenvalue weighted by molar-refractivity contribution is 6.31. The molecule has 1 aromatic carbocycles. The SMILES string of the molecule is NC(CCO)c1cc(C(F)(F)F)ccc1Cl. The van der Waals surface area contributed by atoms with Crippen LogP contribution in [-0.4, -0.2) is 11.7 Å². The molecule has 90 valence electrons. The minimum absolute atomic E-state index is 0.168. The first kappa shape index (κ1) is 13.3. The Morgan fingerprint density at radius 1 is 1.38 bits per heavy atom. The van der Waals surface area contributed by atoms with Gasteiger partial charge in [-0.1, -0.05) is 11.6 Å². The van der Waals surface area contributed by atoms with Crippen molar-refractivity contribution in [2.24, 2.45) is 5.73 Å². The van der Waals surface area contributed by atoms with Crippen molar-refractivity contribution in [2.45, 2.75) is 18.6 Å². The molecule has 0 radical (unpaired) electrons. The monoisotopic (exact) mass is 253 g/mol. The van der Waals surface area contributed by atoms with Crippen molar-refractivity contribution in [1.29, 1.82) is 0 Å². The smallest absolute Gasteiger partial charge is 0.396 e. The lowest BCUT2D eigenvalue weighted by Crippen LogP contribution is -2.14. The standard InChI is InChI=1S/C10H11ClF3NO/c11-8-2-1-6(10(12,13)14)5-7(8)9(15)3-4-16/h1-2,5,9,16H,3-4,15H2. The summed E-state index contributed by atoms with van der Waals surface area (Å²) in [5.74, 6) is 0. The first-order valence-corrected chi connectivity index (χ1v) is 4.97. The van der Waals surface area contributed by atoms with Gasteiger partial charge < -0.3 is 10.8 Å². The number of halogens is 4. The molecule has 1 unspecified atom stereocenters. The normalized spacial score (nSPS) is 13.9. The number of hydrogen-bond acceptors (Lipinski definition) is 2. The number of aliphatic hydroxyl groups is 1. The van der Waals surface area contributed by atoms with Gasteiger partial charge in [-0.05, 0) is 30.2 Å². The summed E-state index contributed by atoms with van der Waals surface area (Å²) in [6.45, 7) is -0.201. The molecule has 2 nitrogen and oxygen atoms in total. The van der Waals surface area contributed by atoms with Crippen molar-refractivity contribution in [2.75, 3.05) is 6.61 Å². The second-order valence-electron chi connectivity index (χ2n) is 3.35. The lowest BCUT2D eigenvalue weighted by Gasteiger charge is -2.15. The lowest BCUT2D eigenvalue weighted by molar-refractivity contribution is -0.137. The van der Waals surface area contributed by atoms with Crippen LogP contribution >= 0.6 is 11.6 Å². The van der Waals surface area contributed by atoms with Gasteiger partial charge in [-0.25, -0.2) is 0 Å². The molecule has 0 aliphatic rings. The van der Waals surface area contributed by atoms with Crippen molar-refractivity contribution < 1.29 is 18.3 Å². The van der Waals surface area contributed by atoms with Gasteiger partial charge in [-0.15, -0.1) is 0 Å². The summed E-state index contributed by atoms with van der Waals surface area (Å²) in [4.78, 5) is 0. The molecule has 0 spiro atoms. The lowest BCUT2D eigenvalue weighted by atomic mass is 10.0.